The van der Waals surface area contributed by atoms with Crippen molar-refractivity contribution in [2.45, 2.75) is 0 Å². The van der Waals surface area contributed by atoms with Crippen molar-refractivity contribution in [2.75, 3.05) is 4.90 Å². The molecule has 9 aromatic rings. The summed E-state index contributed by atoms with van der Waals surface area (Å²) in [5.41, 5.74) is 9.73. The van der Waals surface area contributed by atoms with Crippen LogP contribution in [-0.2, 0) is 0 Å². The molecule has 2 nitrogen and oxygen atoms in total. The molecule has 0 amide bonds. The van der Waals surface area contributed by atoms with Crippen LogP contribution in [0.4, 0.5) is 17.1 Å². The molecule has 0 fully saturated rings. The van der Waals surface area contributed by atoms with Gasteiger partial charge in [-0.25, -0.2) is 0 Å². The number of furan rings is 1. The third-order valence-electron chi connectivity index (χ3n) is 9.04. The minimum absolute atomic E-state index is 0.911. The molecule has 0 saturated carbocycles. The van der Waals surface area contributed by atoms with E-state index in [-0.39, 0.29) is 0 Å². The van der Waals surface area contributed by atoms with Crippen LogP contribution in [0, 0.1) is 0 Å². The number of hydrogen-bond acceptors (Lipinski definition) is 2. The molecule has 0 aliphatic heterocycles. The van der Waals surface area contributed by atoms with Gasteiger partial charge in [-0.1, -0.05) is 133 Å². The van der Waals surface area contributed by atoms with E-state index >= 15 is 0 Å². The molecule has 1 aromatic heterocycles. The number of nitrogens with zero attached hydrogens (tertiary/aromatic N) is 1. The predicted molar refractivity (Wildman–Crippen MR) is 194 cm³/mol. The summed E-state index contributed by atoms with van der Waals surface area (Å²) in [6.45, 7) is 0. The smallest absolute Gasteiger partial charge is 0.143 e. The number of benzene rings is 8. The van der Waals surface area contributed by atoms with Gasteiger partial charge < -0.3 is 9.32 Å². The second kappa shape index (κ2) is 10.8. The lowest BCUT2D eigenvalue weighted by atomic mass is 9.98. The summed E-state index contributed by atoms with van der Waals surface area (Å²) in [5, 5.41) is 7.19. The summed E-state index contributed by atoms with van der Waals surface area (Å²) in [4.78, 5) is 2.38. The first kappa shape index (κ1) is 26.3. The van der Waals surface area contributed by atoms with Gasteiger partial charge >= 0.3 is 0 Å². The van der Waals surface area contributed by atoms with Crippen LogP contribution < -0.4 is 4.90 Å². The van der Waals surface area contributed by atoms with E-state index in [9.17, 15) is 0 Å². The predicted octanol–water partition coefficient (Wildman–Crippen LogP) is 12.7. The molecule has 0 bridgehead atoms. The molecule has 0 N–H and O–H groups in total. The first-order valence-corrected chi connectivity index (χ1v) is 15.7. The Morgan fingerprint density at radius 3 is 1.78 bits per heavy atom. The van der Waals surface area contributed by atoms with Gasteiger partial charge in [0.25, 0.3) is 0 Å². The van der Waals surface area contributed by atoms with Gasteiger partial charge in [-0.3, -0.25) is 0 Å². The zero-order valence-corrected chi connectivity index (χ0v) is 25.1. The van der Waals surface area contributed by atoms with Gasteiger partial charge in [0.15, 0.2) is 0 Å². The Bertz CT molecular complexity index is 2540. The fourth-order valence-corrected chi connectivity index (χ4v) is 6.78. The van der Waals surface area contributed by atoms with Crippen molar-refractivity contribution >= 4 is 60.5 Å². The summed E-state index contributed by atoms with van der Waals surface area (Å²) < 4.78 is 6.38. The number of fused-ring (bicyclic) bond motifs is 5. The fraction of sp³-hybridized carbons (Fsp3) is 0. The van der Waals surface area contributed by atoms with E-state index in [4.69, 9.17) is 4.42 Å². The SMILES string of the molecule is c1ccc(N(c2ccc(-c3cccc4c3oc3ccccc34)cc2)c2ccc3ccccc3c2)c(-c2ccc3ccccc3c2)c1. The highest BCUT2D eigenvalue weighted by Crippen LogP contribution is 2.43. The van der Waals surface area contributed by atoms with Crippen molar-refractivity contribution < 1.29 is 4.42 Å². The van der Waals surface area contributed by atoms with Gasteiger partial charge in [-0.2, -0.15) is 0 Å². The van der Waals surface area contributed by atoms with Gasteiger partial charge in [0.2, 0.25) is 0 Å². The molecule has 9 rings (SSSR count). The highest BCUT2D eigenvalue weighted by Gasteiger charge is 2.19. The normalized spacial score (nSPS) is 11.5. The molecule has 0 spiro atoms. The molecule has 216 valence electrons. The zero-order valence-electron chi connectivity index (χ0n) is 25.1. The number of rotatable bonds is 5. The molecule has 0 aliphatic carbocycles. The van der Waals surface area contributed by atoms with Crippen molar-refractivity contribution in [2.24, 2.45) is 0 Å². The van der Waals surface area contributed by atoms with Crippen LogP contribution in [0.15, 0.2) is 180 Å². The van der Waals surface area contributed by atoms with Crippen molar-refractivity contribution in [3.8, 4) is 22.3 Å². The van der Waals surface area contributed by atoms with Crippen LogP contribution in [0.1, 0.15) is 0 Å². The Morgan fingerprint density at radius 2 is 0.957 bits per heavy atom. The van der Waals surface area contributed by atoms with Crippen LogP contribution in [0.2, 0.25) is 0 Å². The van der Waals surface area contributed by atoms with Crippen LogP contribution in [-0.4, -0.2) is 0 Å². The van der Waals surface area contributed by atoms with Gasteiger partial charge in [0.1, 0.15) is 11.2 Å². The van der Waals surface area contributed by atoms with Crippen molar-refractivity contribution in [1.29, 1.82) is 0 Å². The van der Waals surface area contributed by atoms with Crippen molar-refractivity contribution in [3.05, 3.63) is 176 Å². The van der Waals surface area contributed by atoms with Crippen LogP contribution in [0.3, 0.4) is 0 Å². The summed E-state index contributed by atoms with van der Waals surface area (Å²) in [6, 6.07) is 62.8. The van der Waals surface area contributed by atoms with E-state index in [0.29, 0.717) is 0 Å². The quantitative estimate of drug-likeness (QED) is 0.199. The molecule has 46 heavy (non-hydrogen) atoms. The summed E-state index contributed by atoms with van der Waals surface area (Å²) in [7, 11) is 0. The molecule has 2 heteroatoms. The van der Waals surface area contributed by atoms with E-state index < -0.39 is 0 Å². The number of hydrogen-bond donors (Lipinski definition) is 0. The van der Waals surface area contributed by atoms with E-state index in [1.165, 1.54) is 32.7 Å². The standard InChI is InChI=1S/C44H29NO/c1-3-12-33-28-35(21-20-30(33)10-1)38-14-5-7-18-42(38)45(37-27-22-31-11-2-4-13-34(31)29-37)36-25-23-32(24-26-36)39-16-9-17-41-40-15-6-8-19-43(40)46-44(39)41/h1-29H. The van der Waals surface area contributed by atoms with Crippen molar-refractivity contribution in [1.82, 2.24) is 0 Å². The molecular formula is C44H29NO. The summed E-state index contributed by atoms with van der Waals surface area (Å²) >= 11 is 0. The zero-order chi connectivity index (χ0) is 30.5. The minimum atomic E-state index is 0.911. The Balaban J connectivity index is 1.21. The number of anilines is 3. The highest BCUT2D eigenvalue weighted by molar-refractivity contribution is 6.09. The third-order valence-corrected chi connectivity index (χ3v) is 9.04. The van der Waals surface area contributed by atoms with Crippen LogP contribution in [0.5, 0.6) is 0 Å². The monoisotopic (exact) mass is 587 g/mol. The van der Waals surface area contributed by atoms with E-state index in [1.807, 2.05) is 12.1 Å². The first-order chi connectivity index (χ1) is 22.8. The van der Waals surface area contributed by atoms with Crippen molar-refractivity contribution in [3.63, 3.8) is 0 Å². The van der Waals surface area contributed by atoms with Gasteiger partial charge in [-0.05, 0) is 75.1 Å². The van der Waals surface area contributed by atoms with E-state index in [0.717, 1.165) is 50.1 Å². The van der Waals surface area contributed by atoms with Gasteiger partial charge in [0, 0.05) is 33.3 Å². The molecule has 0 saturated heterocycles. The van der Waals surface area contributed by atoms with Crippen LogP contribution >= 0.6 is 0 Å². The average molecular weight is 588 g/mol. The molecule has 0 radical (unpaired) electrons. The minimum Gasteiger partial charge on any atom is -0.455 e. The second-order valence-corrected chi connectivity index (χ2v) is 11.8. The summed E-state index contributed by atoms with van der Waals surface area (Å²) in [6.07, 6.45) is 0. The Kier molecular flexibility index (Phi) is 6.17. The van der Waals surface area contributed by atoms with E-state index in [2.05, 4.69) is 169 Å². The lowest BCUT2D eigenvalue weighted by Crippen LogP contribution is -2.11. The van der Waals surface area contributed by atoms with Gasteiger partial charge in [0.05, 0.1) is 5.69 Å². The maximum atomic E-state index is 6.38. The number of para-hydroxylation sites is 3. The fourth-order valence-electron chi connectivity index (χ4n) is 6.78. The average Bonchev–Trinajstić information content (AvgIpc) is 3.51. The molecule has 1 heterocycles. The second-order valence-electron chi connectivity index (χ2n) is 11.8. The first-order valence-electron chi connectivity index (χ1n) is 15.7. The molecule has 0 unspecified atom stereocenters. The molecule has 0 atom stereocenters. The lowest BCUT2D eigenvalue weighted by molar-refractivity contribution is 0.670. The van der Waals surface area contributed by atoms with E-state index in [1.54, 1.807) is 0 Å². The third kappa shape index (κ3) is 4.43. The Morgan fingerprint density at radius 1 is 0.370 bits per heavy atom. The summed E-state index contributed by atoms with van der Waals surface area (Å²) in [5.74, 6) is 0. The Labute approximate surface area is 267 Å². The largest absolute Gasteiger partial charge is 0.455 e. The lowest BCUT2D eigenvalue weighted by Gasteiger charge is -2.28. The topological polar surface area (TPSA) is 16.4 Å². The maximum absolute atomic E-state index is 6.38. The highest BCUT2D eigenvalue weighted by atomic mass is 16.3. The maximum Gasteiger partial charge on any atom is 0.143 e. The molecule has 8 aromatic carbocycles. The van der Waals surface area contributed by atoms with Crippen LogP contribution in [0.25, 0.3) is 65.7 Å². The van der Waals surface area contributed by atoms with Gasteiger partial charge in [-0.15, -0.1) is 0 Å². The Hall–Kier alpha value is -6.12. The molecule has 0 aliphatic rings. The molecular weight excluding hydrogens is 558 g/mol.